The fraction of sp³-hybridized carbons (Fsp3) is 0.826. The summed E-state index contributed by atoms with van der Waals surface area (Å²) < 4.78 is 0. The predicted molar refractivity (Wildman–Crippen MR) is 110 cm³/mol. The highest BCUT2D eigenvalue weighted by molar-refractivity contribution is 5.21. The Balaban J connectivity index is 1.79. The van der Waals surface area contributed by atoms with Crippen LogP contribution < -0.4 is 5.73 Å². The molecule has 0 amide bonds. The Morgan fingerprint density at radius 1 is 1.27 bits per heavy atom. The highest BCUT2D eigenvalue weighted by Crippen LogP contribution is 2.48. The van der Waals surface area contributed by atoms with E-state index in [1.54, 1.807) is 5.57 Å². The highest BCUT2D eigenvalue weighted by Gasteiger charge is 2.43. The van der Waals surface area contributed by atoms with Crippen molar-refractivity contribution in [3.05, 3.63) is 23.8 Å². The van der Waals surface area contributed by atoms with Crippen molar-refractivity contribution in [1.29, 1.82) is 0 Å². The molecule has 2 aliphatic carbocycles. The summed E-state index contributed by atoms with van der Waals surface area (Å²) in [6.07, 6.45) is 17.2. The lowest BCUT2D eigenvalue weighted by molar-refractivity contribution is 0.139. The summed E-state index contributed by atoms with van der Waals surface area (Å²) in [7, 11) is 0. The molecule has 1 saturated carbocycles. The van der Waals surface area contributed by atoms with Gasteiger partial charge < -0.3 is 15.9 Å². The van der Waals surface area contributed by atoms with Crippen LogP contribution in [0.2, 0.25) is 0 Å². The van der Waals surface area contributed by atoms with Crippen LogP contribution in [-0.2, 0) is 0 Å². The first-order chi connectivity index (χ1) is 12.5. The van der Waals surface area contributed by atoms with Crippen molar-refractivity contribution < 1.29 is 10.2 Å². The minimum Gasteiger partial charge on any atom is -0.392 e. The topological polar surface area (TPSA) is 66.5 Å². The average molecular weight is 364 g/mol. The molecule has 0 radical (unpaired) electrons. The Bertz CT molecular complexity index is 459. The third-order valence-electron chi connectivity index (χ3n) is 6.40. The molecule has 0 aliphatic heterocycles. The molecule has 6 atom stereocenters. The number of nitrogens with two attached hydrogens (primary N) is 1. The zero-order valence-electron chi connectivity index (χ0n) is 16.9. The third-order valence-corrected chi connectivity index (χ3v) is 6.40. The van der Waals surface area contributed by atoms with Crippen molar-refractivity contribution in [2.75, 3.05) is 6.54 Å². The third kappa shape index (κ3) is 6.51. The molecule has 150 valence electrons. The zero-order valence-corrected chi connectivity index (χ0v) is 16.9. The van der Waals surface area contributed by atoms with Crippen LogP contribution in [0.5, 0.6) is 0 Å². The molecule has 1 fully saturated rings. The van der Waals surface area contributed by atoms with E-state index in [9.17, 15) is 10.2 Å². The molecule has 2 aliphatic rings. The molecular formula is C23H41NO2. The second-order valence-corrected chi connectivity index (χ2v) is 8.77. The normalized spacial score (nSPS) is 30.6. The van der Waals surface area contributed by atoms with Crippen LogP contribution in [0.25, 0.3) is 0 Å². The van der Waals surface area contributed by atoms with E-state index >= 15 is 0 Å². The summed E-state index contributed by atoms with van der Waals surface area (Å²) in [6, 6.07) is 0. The van der Waals surface area contributed by atoms with Crippen LogP contribution in [-0.4, -0.2) is 29.0 Å². The van der Waals surface area contributed by atoms with Gasteiger partial charge in [0.25, 0.3) is 0 Å². The second-order valence-electron chi connectivity index (χ2n) is 8.77. The van der Waals surface area contributed by atoms with Gasteiger partial charge >= 0.3 is 0 Å². The van der Waals surface area contributed by atoms with Gasteiger partial charge in [-0.05, 0) is 62.8 Å². The van der Waals surface area contributed by atoms with E-state index < -0.39 is 0 Å². The standard InChI is InChI=1S/C23H41NO2/c1-3-4-8-17(2)13-20(25)10-11-21-22-15-18(9-6-5-7-12-24)14-19(22)16-23(21)26/h10-11,14,17,19-23,25-26H,3-9,12-13,15-16,24H2,1-2H3/b11-10+. The maximum Gasteiger partial charge on any atom is 0.0723 e. The molecule has 6 unspecified atom stereocenters. The molecular weight excluding hydrogens is 322 g/mol. The first-order valence-electron chi connectivity index (χ1n) is 11.0. The van der Waals surface area contributed by atoms with Crippen molar-refractivity contribution in [2.45, 2.75) is 90.3 Å². The maximum atomic E-state index is 10.5. The van der Waals surface area contributed by atoms with E-state index in [1.807, 2.05) is 6.08 Å². The molecule has 0 saturated heterocycles. The van der Waals surface area contributed by atoms with Gasteiger partial charge in [-0.1, -0.05) is 63.3 Å². The van der Waals surface area contributed by atoms with Crippen LogP contribution in [0, 0.1) is 23.7 Å². The maximum absolute atomic E-state index is 10.5. The number of allylic oxidation sites excluding steroid dienone is 2. The van der Waals surface area contributed by atoms with E-state index in [4.69, 9.17) is 5.73 Å². The average Bonchev–Trinajstić information content (AvgIpc) is 3.11. The summed E-state index contributed by atoms with van der Waals surface area (Å²) in [5.74, 6) is 1.84. The largest absolute Gasteiger partial charge is 0.392 e. The summed E-state index contributed by atoms with van der Waals surface area (Å²) >= 11 is 0. The number of aliphatic hydroxyl groups excluding tert-OH is 2. The van der Waals surface area contributed by atoms with E-state index in [0.717, 1.165) is 32.2 Å². The molecule has 3 nitrogen and oxygen atoms in total. The van der Waals surface area contributed by atoms with Crippen LogP contribution >= 0.6 is 0 Å². The fourth-order valence-electron chi connectivity index (χ4n) is 4.88. The molecule has 0 aromatic rings. The van der Waals surface area contributed by atoms with Gasteiger partial charge in [-0.2, -0.15) is 0 Å². The SMILES string of the molecule is CCCCC(C)CC(O)/C=C/C1C(O)CC2C=C(CCCCCN)CC21. The summed E-state index contributed by atoms with van der Waals surface area (Å²) in [6.45, 7) is 5.23. The highest BCUT2D eigenvalue weighted by atomic mass is 16.3. The van der Waals surface area contributed by atoms with Crippen molar-refractivity contribution in [2.24, 2.45) is 29.4 Å². The number of hydrogen-bond donors (Lipinski definition) is 3. The summed E-state index contributed by atoms with van der Waals surface area (Å²) in [5, 5.41) is 20.8. The Hall–Kier alpha value is -0.640. The predicted octanol–water partition coefficient (Wildman–Crippen LogP) is 4.58. The summed E-state index contributed by atoms with van der Waals surface area (Å²) in [5.41, 5.74) is 7.15. The number of hydrogen-bond acceptors (Lipinski definition) is 3. The van der Waals surface area contributed by atoms with Crippen molar-refractivity contribution >= 4 is 0 Å². The van der Waals surface area contributed by atoms with Crippen molar-refractivity contribution in [3.63, 3.8) is 0 Å². The molecule has 4 N–H and O–H groups in total. The van der Waals surface area contributed by atoms with E-state index in [0.29, 0.717) is 17.8 Å². The van der Waals surface area contributed by atoms with Gasteiger partial charge in [0.2, 0.25) is 0 Å². The molecule has 0 aromatic heterocycles. The van der Waals surface area contributed by atoms with Crippen LogP contribution in [0.15, 0.2) is 23.8 Å². The number of fused-ring (bicyclic) bond motifs is 1. The van der Waals surface area contributed by atoms with Crippen LogP contribution in [0.3, 0.4) is 0 Å². The second kappa shape index (κ2) is 11.3. The zero-order chi connectivity index (χ0) is 18.9. The number of rotatable bonds is 12. The smallest absolute Gasteiger partial charge is 0.0723 e. The van der Waals surface area contributed by atoms with Gasteiger partial charge in [0.15, 0.2) is 0 Å². The van der Waals surface area contributed by atoms with Gasteiger partial charge in [-0.25, -0.2) is 0 Å². The van der Waals surface area contributed by atoms with Gasteiger partial charge in [-0.3, -0.25) is 0 Å². The van der Waals surface area contributed by atoms with Crippen molar-refractivity contribution in [1.82, 2.24) is 0 Å². The quantitative estimate of drug-likeness (QED) is 0.351. The lowest BCUT2D eigenvalue weighted by Crippen LogP contribution is -2.18. The molecule has 0 aromatic carbocycles. The molecule has 0 spiro atoms. The minimum atomic E-state index is -0.377. The molecule has 0 heterocycles. The number of aliphatic hydroxyl groups is 2. The monoisotopic (exact) mass is 363 g/mol. The molecule has 2 rings (SSSR count). The van der Waals surface area contributed by atoms with Crippen molar-refractivity contribution in [3.8, 4) is 0 Å². The van der Waals surface area contributed by atoms with Gasteiger partial charge in [0.05, 0.1) is 12.2 Å². The van der Waals surface area contributed by atoms with Gasteiger partial charge in [-0.15, -0.1) is 0 Å². The summed E-state index contributed by atoms with van der Waals surface area (Å²) in [4.78, 5) is 0. The van der Waals surface area contributed by atoms with Crippen LogP contribution in [0.1, 0.15) is 78.1 Å². The van der Waals surface area contributed by atoms with Gasteiger partial charge in [0.1, 0.15) is 0 Å². The van der Waals surface area contributed by atoms with E-state index in [1.165, 1.54) is 38.5 Å². The molecule has 26 heavy (non-hydrogen) atoms. The fourth-order valence-corrected chi connectivity index (χ4v) is 4.88. The minimum absolute atomic E-state index is 0.207. The molecule has 3 heteroatoms. The Labute approximate surface area is 160 Å². The van der Waals surface area contributed by atoms with Crippen LogP contribution in [0.4, 0.5) is 0 Å². The van der Waals surface area contributed by atoms with Gasteiger partial charge in [0, 0.05) is 5.92 Å². The first kappa shape index (κ1) is 21.7. The Kier molecular flexibility index (Phi) is 9.38. The lowest BCUT2D eigenvalue weighted by atomic mass is 9.88. The number of unbranched alkanes of at least 4 members (excludes halogenated alkanes) is 3. The Morgan fingerprint density at radius 3 is 2.81 bits per heavy atom. The van der Waals surface area contributed by atoms with E-state index in [-0.39, 0.29) is 18.1 Å². The lowest BCUT2D eigenvalue weighted by Gasteiger charge is -2.19. The first-order valence-corrected chi connectivity index (χ1v) is 11.0. The Morgan fingerprint density at radius 2 is 2.08 bits per heavy atom. The molecule has 0 bridgehead atoms. The van der Waals surface area contributed by atoms with E-state index in [2.05, 4.69) is 26.0 Å².